The summed E-state index contributed by atoms with van der Waals surface area (Å²) in [6.07, 6.45) is 0.258. The number of carboxylic acid groups (broad SMARTS) is 1. The molecule has 0 spiro atoms. The lowest BCUT2D eigenvalue weighted by atomic mass is 9.98. The summed E-state index contributed by atoms with van der Waals surface area (Å²) < 4.78 is 5.25. The number of benzene rings is 2. The van der Waals surface area contributed by atoms with Crippen molar-refractivity contribution in [3.05, 3.63) is 64.2 Å². The zero-order valence-electron chi connectivity index (χ0n) is 14.1. The maximum atomic E-state index is 12.2. The van der Waals surface area contributed by atoms with E-state index in [1.54, 1.807) is 24.3 Å². The van der Waals surface area contributed by atoms with Gasteiger partial charge in [0, 0.05) is 17.1 Å². The molecule has 2 aromatic rings. The number of aliphatic carboxylic acids is 1. The molecule has 0 saturated carbocycles. The highest BCUT2D eigenvalue weighted by molar-refractivity contribution is 6.31. The number of nitrogens with one attached hydrogen (secondary N) is 1. The summed E-state index contributed by atoms with van der Waals surface area (Å²) in [5.41, 5.74) is 2.06. The largest absolute Gasteiger partial charge is 0.496 e. The Morgan fingerprint density at radius 3 is 2.60 bits per heavy atom. The fourth-order valence-corrected chi connectivity index (χ4v) is 2.62. The molecule has 0 radical (unpaired) electrons. The lowest BCUT2D eigenvalue weighted by Gasteiger charge is -2.15. The van der Waals surface area contributed by atoms with Crippen molar-refractivity contribution >= 4 is 23.5 Å². The van der Waals surface area contributed by atoms with Crippen LogP contribution < -0.4 is 10.1 Å². The van der Waals surface area contributed by atoms with Gasteiger partial charge in [-0.3, -0.25) is 9.59 Å². The van der Waals surface area contributed by atoms with Gasteiger partial charge in [-0.15, -0.1) is 0 Å². The monoisotopic (exact) mass is 361 g/mol. The molecule has 25 heavy (non-hydrogen) atoms. The molecule has 1 atom stereocenters. The molecule has 0 aliphatic carbocycles. The zero-order valence-corrected chi connectivity index (χ0v) is 14.8. The van der Waals surface area contributed by atoms with E-state index >= 15 is 0 Å². The second-order valence-corrected chi connectivity index (χ2v) is 6.13. The number of carboxylic acids is 1. The van der Waals surface area contributed by atoms with Crippen LogP contribution >= 0.6 is 11.6 Å². The summed E-state index contributed by atoms with van der Waals surface area (Å²) in [6, 6.07) is 12.2. The number of amides is 1. The molecule has 0 saturated heterocycles. The van der Waals surface area contributed by atoms with E-state index < -0.39 is 11.9 Å². The summed E-state index contributed by atoms with van der Waals surface area (Å²) in [7, 11) is 1.54. The van der Waals surface area contributed by atoms with Crippen LogP contribution in [0.25, 0.3) is 0 Å². The van der Waals surface area contributed by atoms with Gasteiger partial charge in [-0.25, -0.2) is 0 Å². The predicted octanol–water partition coefficient (Wildman–Crippen LogP) is 3.33. The number of halogens is 1. The van der Waals surface area contributed by atoms with Gasteiger partial charge in [-0.1, -0.05) is 35.9 Å². The highest BCUT2D eigenvalue weighted by Gasteiger charge is 2.21. The van der Waals surface area contributed by atoms with Crippen molar-refractivity contribution in [1.82, 2.24) is 5.32 Å². The fraction of sp³-hybridized carbons (Fsp3) is 0.263. The molecule has 2 N–H and O–H groups in total. The Bertz CT molecular complexity index is 776. The van der Waals surface area contributed by atoms with Crippen molar-refractivity contribution in [1.29, 1.82) is 0 Å². The molecule has 0 aromatic heterocycles. The van der Waals surface area contributed by atoms with Crippen LogP contribution in [0.5, 0.6) is 5.75 Å². The Hall–Kier alpha value is -2.53. The van der Waals surface area contributed by atoms with Crippen LogP contribution in [0.1, 0.15) is 21.5 Å². The third kappa shape index (κ3) is 4.97. The first-order chi connectivity index (χ1) is 11.9. The zero-order chi connectivity index (χ0) is 18.4. The molecule has 0 heterocycles. The number of methoxy groups -OCH3 is 1. The third-order valence-corrected chi connectivity index (χ3v) is 4.36. The summed E-state index contributed by atoms with van der Waals surface area (Å²) in [5, 5.41) is 12.6. The maximum Gasteiger partial charge on any atom is 0.308 e. The standard InChI is InChI=1S/C19H20ClNO4/c1-12-7-8-14(10-16(12)20)18(22)21-11-15(19(23)24)9-13-5-3-4-6-17(13)25-2/h3-8,10,15H,9,11H2,1-2H3,(H,21,22)(H,23,24). The molecular formula is C19H20ClNO4. The first kappa shape index (κ1) is 18.8. The summed E-state index contributed by atoms with van der Waals surface area (Å²) in [5.74, 6) is -1.46. The number of hydrogen-bond acceptors (Lipinski definition) is 3. The Labute approximate surface area is 151 Å². The van der Waals surface area contributed by atoms with Gasteiger partial charge in [0.2, 0.25) is 0 Å². The fourth-order valence-electron chi connectivity index (χ4n) is 2.44. The van der Waals surface area contributed by atoms with Crippen molar-refractivity contribution in [2.45, 2.75) is 13.3 Å². The molecule has 2 rings (SSSR count). The number of aryl methyl sites for hydroxylation is 1. The first-order valence-electron chi connectivity index (χ1n) is 7.81. The highest BCUT2D eigenvalue weighted by atomic mass is 35.5. The molecule has 132 valence electrons. The maximum absolute atomic E-state index is 12.2. The van der Waals surface area contributed by atoms with Gasteiger partial charge < -0.3 is 15.2 Å². The Kier molecular flexibility index (Phi) is 6.42. The van der Waals surface area contributed by atoms with E-state index in [2.05, 4.69) is 5.32 Å². The Morgan fingerprint density at radius 2 is 1.96 bits per heavy atom. The van der Waals surface area contributed by atoms with Crippen LogP contribution in [0, 0.1) is 12.8 Å². The number of carbonyl (C=O) groups is 2. The molecule has 0 aliphatic heterocycles. The van der Waals surface area contributed by atoms with Crippen molar-refractivity contribution in [3.8, 4) is 5.75 Å². The number of carbonyl (C=O) groups excluding carboxylic acids is 1. The van der Waals surface area contributed by atoms with E-state index in [1.165, 1.54) is 7.11 Å². The van der Waals surface area contributed by atoms with Gasteiger partial charge in [0.05, 0.1) is 13.0 Å². The van der Waals surface area contributed by atoms with Gasteiger partial charge in [0.25, 0.3) is 5.91 Å². The molecular weight excluding hydrogens is 342 g/mol. The van der Waals surface area contributed by atoms with Crippen LogP contribution in [0.3, 0.4) is 0 Å². The minimum Gasteiger partial charge on any atom is -0.496 e. The predicted molar refractivity (Wildman–Crippen MR) is 96.3 cm³/mol. The minimum atomic E-state index is -0.979. The minimum absolute atomic E-state index is 0.0116. The molecule has 5 nitrogen and oxygen atoms in total. The van der Waals surface area contributed by atoms with Crippen molar-refractivity contribution in [2.24, 2.45) is 5.92 Å². The van der Waals surface area contributed by atoms with Gasteiger partial charge in [0.15, 0.2) is 0 Å². The van der Waals surface area contributed by atoms with Crippen LogP contribution in [0.2, 0.25) is 5.02 Å². The van der Waals surface area contributed by atoms with Gasteiger partial charge in [0.1, 0.15) is 5.75 Å². The van der Waals surface area contributed by atoms with Crippen LogP contribution in [-0.4, -0.2) is 30.6 Å². The average Bonchev–Trinajstić information content (AvgIpc) is 2.60. The Morgan fingerprint density at radius 1 is 1.24 bits per heavy atom. The van der Waals surface area contributed by atoms with E-state index in [0.29, 0.717) is 16.3 Å². The van der Waals surface area contributed by atoms with Crippen molar-refractivity contribution in [2.75, 3.05) is 13.7 Å². The molecule has 2 aromatic carbocycles. The first-order valence-corrected chi connectivity index (χ1v) is 8.19. The normalized spacial score (nSPS) is 11.6. The summed E-state index contributed by atoms with van der Waals surface area (Å²) in [6.45, 7) is 1.86. The van der Waals surface area contributed by atoms with Crippen molar-refractivity contribution in [3.63, 3.8) is 0 Å². The SMILES string of the molecule is COc1ccccc1CC(CNC(=O)c1ccc(C)c(Cl)c1)C(=O)O. The van der Waals surface area contributed by atoms with Gasteiger partial charge >= 0.3 is 5.97 Å². The van der Waals surface area contributed by atoms with Crippen LogP contribution in [-0.2, 0) is 11.2 Å². The van der Waals surface area contributed by atoms with Crippen molar-refractivity contribution < 1.29 is 19.4 Å². The molecule has 0 bridgehead atoms. The molecule has 0 aliphatic rings. The van der Waals surface area contributed by atoms with Crippen LogP contribution in [0.4, 0.5) is 0 Å². The van der Waals surface area contributed by atoms with Crippen LogP contribution in [0.15, 0.2) is 42.5 Å². The quantitative estimate of drug-likeness (QED) is 0.793. The van der Waals surface area contributed by atoms with E-state index in [4.69, 9.17) is 16.3 Å². The Balaban J connectivity index is 2.05. The number of hydrogen-bond donors (Lipinski definition) is 2. The molecule has 0 fully saturated rings. The lowest BCUT2D eigenvalue weighted by Crippen LogP contribution is -2.34. The second-order valence-electron chi connectivity index (χ2n) is 5.73. The van der Waals surface area contributed by atoms with Gasteiger partial charge in [-0.2, -0.15) is 0 Å². The molecule has 6 heteroatoms. The number of ether oxygens (including phenoxy) is 1. The second kappa shape index (κ2) is 8.53. The molecule has 1 unspecified atom stereocenters. The topological polar surface area (TPSA) is 75.6 Å². The summed E-state index contributed by atoms with van der Waals surface area (Å²) in [4.78, 5) is 23.8. The summed E-state index contributed by atoms with van der Waals surface area (Å²) >= 11 is 6.02. The third-order valence-electron chi connectivity index (χ3n) is 3.95. The average molecular weight is 362 g/mol. The number of para-hydroxylation sites is 1. The van der Waals surface area contributed by atoms with Gasteiger partial charge in [-0.05, 0) is 42.7 Å². The number of rotatable bonds is 7. The lowest BCUT2D eigenvalue weighted by molar-refractivity contribution is -0.141. The smallest absolute Gasteiger partial charge is 0.308 e. The molecule has 1 amide bonds. The van der Waals surface area contributed by atoms with E-state index in [9.17, 15) is 14.7 Å². The van der Waals surface area contributed by atoms with E-state index in [0.717, 1.165) is 11.1 Å². The van der Waals surface area contributed by atoms with E-state index in [1.807, 2.05) is 25.1 Å². The highest BCUT2D eigenvalue weighted by Crippen LogP contribution is 2.21. The van der Waals surface area contributed by atoms with E-state index in [-0.39, 0.29) is 18.9 Å².